The van der Waals surface area contributed by atoms with Crippen molar-refractivity contribution in [3.05, 3.63) is 59.5 Å². The summed E-state index contributed by atoms with van der Waals surface area (Å²) in [5.41, 5.74) is 1.89. The van der Waals surface area contributed by atoms with Gasteiger partial charge in [-0.05, 0) is 56.3 Å². The number of aryl methyl sites for hydroxylation is 1. The Labute approximate surface area is 171 Å². The van der Waals surface area contributed by atoms with E-state index in [-0.39, 0.29) is 18.2 Å². The van der Waals surface area contributed by atoms with E-state index in [2.05, 4.69) is 28.8 Å². The Morgan fingerprint density at radius 2 is 2.14 bits per heavy atom. The van der Waals surface area contributed by atoms with E-state index < -0.39 is 5.82 Å². The van der Waals surface area contributed by atoms with E-state index in [4.69, 9.17) is 14.2 Å². The molecule has 0 spiro atoms. The van der Waals surface area contributed by atoms with Crippen LogP contribution in [0.2, 0.25) is 0 Å². The lowest BCUT2D eigenvalue weighted by atomic mass is 10.2. The van der Waals surface area contributed by atoms with E-state index >= 15 is 0 Å². The van der Waals surface area contributed by atoms with E-state index in [1.54, 1.807) is 31.4 Å². The van der Waals surface area contributed by atoms with Crippen molar-refractivity contribution in [3.8, 4) is 11.6 Å². The third kappa shape index (κ3) is 6.96. The molecule has 0 saturated heterocycles. The third-order valence-corrected chi connectivity index (χ3v) is 4.07. The molecule has 0 amide bonds. The van der Waals surface area contributed by atoms with Gasteiger partial charge in [-0.1, -0.05) is 19.6 Å². The molecule has 0 aliphatic heterocycles. The monoisotopic (exact) mass is 401 g/mol. The van der Waals surface area contributed by atoms with Gasteiger partial charge in [0.2, 0.25) is 5.88 Å². The normalized spacial score (nSPS) is 11.4. The molecule has 2 aromatic rings. The zero-order valence-corrected chi connectivity index (χ0v) is 17.2. The van der Waals surface area contributed by atoms with E-state index in [1.807, 2.05) is 6.92 Å². The van der Waals surface area contributed by atoms with E-state index in [1.165, 1.54) is 12.4 Å². The molecular weight excluding hydrogens is 373 g/mol. The predicted molar refractivity (Wildman–Crippen MR) is 112 cm³/mol. The van der Waals surface area contributed by atoms with Crippen molar-refractivity contribution < 1.29 is 18.6 Å². The van der Waals surface area contributed by atoms with Crippen LogP contribution >= 0.6 is 0 Å². The molecule has 1 aromatic heterocycles. The van der Waals surface area contributed by atoms with Crippen LogP contribution in [0.1, 0.15) is 30.2 Å². The van der Waals surface area contributed by atoms with Crippen molar-refractivity contribution in [1.82, 2.24) is 15.3 Å². The first-order valence-corrected chi connectivity index (χ1v) is 9.53. The lowest BCUT2D eigenvalue weighted by molar-refractivity contribution is 0.114. The summed E-state index contributed by atoms with van der Waals surface area (Å²) in [6, 6.07) is 4.74. The lowest BCUT2D eigenvalue weighted by Gasteiger charge is -2.12. The molecule has 0 bridgehead atoms. The van der Waals surface area contributed by atoms with Crippen LogP contribution in [0, 0.1) is 12.7 Å². The maximum absolute atomic E-state index is 14.2. The first-order valence-electron chi connectivity index (χ1n) is 9.53. The Morgan fingerprint density at radius 1 is 1.31 bits per heavy atom. The van der Waals surface area contributed by atoms with Crippen molar-refractivity contribution in [2.45, 2.75) is 20.3 Å². The minimum atomic E-state index is -0.463. The van der Waals surface area contributed by atoms with Crippen LogP contribution in [-0.2, 0) is 9.47 Å². The summed E-state index contributed by atoms with van der Waals surface area (Å²) < 4.78 is 31.0. The fourth-order valence-corrected chi connectivity index (χ4v) is 2.53. The van der Waals surface area contributed by atoms with Gasteiger partial charge >= 0.3 is 0 Å². The maximum Gasteiger partial charge on any atom is 0.230 e. The van der Waals surface area contributed by atoms with Gasteiger partial charge in [0.15, 0.2) is 11.6 Å². The predicted octanol–water partition coefficient (Wildman–Crippen LogP) is 4.36. The molecule has 0 unspecified atom stereocenters. The lowest BCUT2D eigenvalue weighted by Crippen LogP contribution is -2.16. The van der Waals surface area contributed by atoms with Gasteiger partial charge in [0, 0.05) is 6.61 Å². The molecule has 156 valence electrons. The quantitative estimate of drug-likeness (QED) is 0.421. The molecule has 1 heterocycles. The summed E-state index contributed by atoms with van der Waals surface area (Å²) in [6.07, 6.45) is 5.55. The molecule has 0 saturated carbocycles. The highest BCUT2D eigenvalue weighted by Gasteiger charge is 2.14. The highest BCUT2D eigenvalue weighted by atomic mass is 19.1. The number of hydrogen-bond donors (Lipinski definition) is 1. The second-order valence-corrected chi connectivity index (χ2v) is 6.29. The first-order chi connectivity index (χ1) is 14.1. The smallest absolute Gasteiger partial charge is 0.230 e. The standard InChI is InChI=1S/C22H28FN3O3/c1-5-20-18(13-17(27-4)14-28-11-7-10-24-6-2)22(26-15-25-20)29-21-9-8-16(3)12-19(21)23/h5,8-9,12-13,15,24H,1,6-7,10-11,14H2,2-4H3/b17-13+. The van der Waals surface area contributed by atoms with Crippen LogP contribution in [0.5, 0.6) is 11.6 Å². The summed E-state index contributed by atoms with van der Waals surface area (Å²) in [5.74, 6) is 0.396. The van der Waals surface area contributed by atoms with Crippen molar-refractivity contribution >= 4 is 12.2 Å². The number of halogens is 1. The van der Waals surface area contributed by atoms with Crippen LogP contribution in [0.25, 0.3) is 12.2 Å². The number of benzene rings is 1. The Bertz CT molecular complexity index is 840. The van der Waals surface area contributed by atoms with Crippen molar-refractivity contribution in [2.24, 2.45) is 0 Å². The van der Waals surface area contributed by atoms with Crippen molar-refractivity contribution in [2.75, 3.05) is 33.4 Å². The third-order valence-electron chi connectivity index (χ3n) is 4.07. The summed E-state index contributed by atoms with van der Waals surface area (Å²) in [7, 11) is 1.56. The molecule has 1 N–H and O–H groups in total. The molecule has 0 aliphatic rings. The minimum absolute atomic E-state index is 0.0811. The SMILES string of the molecule is C=Cc1ncnc(Oc2ccc(C)cc2F)c1/C=C(\COCCCNCC)OC. The van der Waals surface area contributed by atoms with Gasteiger partial charge in [-0.2, -0.15) is 0 Å². The number of nitrogens with zero attached hydrogens (tertiary/aromatic N) is 2. The van der Waals surface area contributed by atoms with Crippen LogP contribution in [0.3, 0.4) is 0 Å². The van der Waals surface area contributed by atoms with Crippen molar-refractivity contribution in [1.29, 1.82) is 0 Å². The van der Waals surface area contributed by atoms with Gasteiger partial charge in [-0.15, -0.1) is 0 Å². The Hall–Kier alpha value is -2.77. The summed E-state index contributed by atoms with van der Waals surface area (Å²) >= 11 is 0. The largest absolute Gasteiger partial charge is 0.499 e. The van der Waals surface area contributed by atoms with Gasteiger partial charge in [-0.3, -0.25) is 0 Å². The average Bonchev–Trinajstić information content (AvgIpc) is 2.72. The topological polar surface area (TPSA) is 65.5 Å². The Morgan fingerprint density at radius 3 is 2.83 bits per heavy atom. The van der Waals surface area contributed by atoms with Gasteiger partial charge in [0.1, 0.15) is 18.7 Å². The van der Waals surface area contributed by atoms with Gasteiger partial charge in [-0.25, -0.2) is 14.4 Å². The number of nitrogens with one attached hydrogen (secondary N) is 1. The molecule has 1 aromatic carbocycles. The number of hydrogen-bond acceptors (Lipinski definition) is 6. The average molecular weight is 401 g/mol. The number of ether oxygens (including phenoxy) is 3. The number of rotatable bonds is 12. The summed E-state index contributed by atoms with van der Waals surface area (Å²) in [4.78, 5) is 8.37. The summed E-state index contributed by atoms with van der Waals surface area (Å²) in [5, 5.41) is 3.24. The molecule has 6 nitrogen and oxygen atoms in total. The first kappa shape index (κ1) is 22.5. The fraction of sp³-hybridized carbons (Fsp3) is 0.364. The van der Waals surface area contributed by atoms with Crippen LogP contribution in [0.4, 0.5) is 4.39 Å². The molecule has 2 rings (SSSR count). The summed E-state index contributed by atoms with van der Waals surface area (Å²) in [6.45, 7) is 10.4. The van der Waals surface area contributed by atoms with Crippen LogP contribution in [0.15, 0.2) is 36.9 Å². The van der Waals surface area contributed by atoms with Gasteiger partial charge in [0.25, 0.3) is 0 Å². The molecule has 7 heteroatoms. The van der Waals surface area contributed by atoms with Crippen LogP contribution < -0.4 is 10.1 Å². The molecule has 0 fully saturated rings. The Kier molecular flexibility index (Phi) is 9.27. The second-order valence-electron chi connectivity index (χ2n) is 6.29. The van der Waals surface area contributed by atoms with Gasteiger partial charge in [0.05, 0.1) is 18.4 Å². The Balaban J connectivity index is 2.20. The number of methoxy groups -OCH3 is 1. The van der Waals surface area contributed by atoms with Gasteiger partial charge < -0.3 is 19.5 Å². The zero-order valence-electron chi connectivity index (χ0n) is 17.2. The zero-order chi connectivity index (χ0) is 21.1. The van der Waals surface area contributed by atoms with E-state index in [0.717, 1.165) is 25.1 Å². The highest BCUT2D eigenvalue weighted by Crippen LogP contribution is 2.29. The molecule has 29 heavy (non-hydrogen) atoms. The molecule has 0 aliphatic carbocycles. The fourth-order valence-electron chi connectivity index (χ4n) is 2.53. The molecule has 0 radical (unpaired) electrons. The second kappa shape index (κ2) is 11.9. The van der Waals surface area contributed by atoms with Crippen molar-refractivity contribution in [3.63, 3.8) is 0 Å². The van der Waals surface area contributed by atoms with E-state index in [9.17, 15) is 4.39 Å². The van der Waals surface area contributed by atoms with E-state index in [0.29, 0.717) is 23.6 Å². The maximum atomic E-state index is 14.2. The highest BCUT2D eigenvalue weighted by molar-refractivity contribution is 5.66. The minimum Gasteiger partial charge on any atom is -0.499 e. The van der Waals surface area contributed by atoms with Crippen LogP contribution in [-0.4, -0.2) is 43.4 Å². The molecular formula is C22H28FN3O3. The molecule has 0 atom stereocenters. The number of aromatic nitrogens is 2.